The van der Waals surface area contributed by atoms with E-state index in [1.165, 1.54) is 6.92 Å². The molecule has 0 aliphatic rings. The topological polar surface area (TPSA) is 64.9 Å². The molecule has 2 rings (SSSR count). The monoisotopic (exact) mass is 271 g/mol. The zero-order chi connectivity index (χ0) is 11.0. The molecule has 0 aliphatic carbocycles. The Kier molecular flexibility index (Phi) is 2.44. The van der Waals surface area contributed by atoms with Crippen LogP contribution in [0.5, 0.6) is 0 Å². The number of furan rings is 1. The van der Waals surface area contributed by atoms with E-state index in [1.54, 1.807) is 12.1 Å². The molecular formula is C9H7BrFN3O. The van der Waals surface area contributed by atoms with Crippen molar-refractivity contribution in [2.24, 2.45) is 0 Å². The summed E-state index contributed by atoms with van der Waals surface area (Å²) in [6.07, 6.45) is 0. The first-order valence-corrected chi connectivity index (χ1v) is 4.92. The Bertz CT molecular complexity index is 489. The summed E-state index contributed by atoms with van der Waals surface area (Å²) in [5.74, 6) is -0.0526. The first-order chi connectivity index (χ1) is 7.08. The molecule has 0 amide bonds. The molecule has 2 aromatic heterocycles. The Morgan fingerprint density at radius 2 is 2.13 bits per heavy atom. The van der Waals surface area contributed by atoms with Crippen LogP contribution in [0.15, 0.2) is 21.2 Å². The molecule has 0 atom stereocenters. The minimum Gasteiger partial charge on any atom is -0.446 e. The van der Waals surface area contributed by atoms with Gasteiger partial charge in [0.2, 0.25) is 0 Å². The van der Waals surface area contributed by atoms with Crippen molar-refractivity contribution in [3.8, 4) is 11.6 Å². The van der Waals surface area contributed by atoms with Crippen molar-refractivity contribution >= 4 is 21.7 Å². The molecule has 6 heteroatoms. The number of nitrogen functional groups attached to an aromatic ring is 1. The molecule has 15 heavy (non-hydrogen) atoms. The molecule has 0 bridgehead atoms. The van der Waals surface area contributed by atoms with Crippen molar-refractivity contribution in [2.45, 2.75) is 6.92 Å². The maximum atomic E-state index is 13.1. The van der Waals surface area contributed by atoms with E-state index in [4.69, 9.17) is 10.2 Å². The number of anilines is 1. The van der Waals surface area contributed by atoms with E-state index >= 15 is 0 Å². The van der Waals surface area contributed by atoms with Gasteiger partial charge in [0.1, 0.15) is 0 Å². The summed E-state index contributed by atoms with van der Waals surface area (Å²) < 4.78 is 18.9. The molecule has 2 aromatic rings. The molecule has 2 heterocycles. The first kappa shape index (κ1) is 10.1. The van der Waals surface area contributed by atoms with Crippen LogP contribution in [0.4, 0.5) is 10.2 Å². The highest BCUT2D eigenvalue weighted by atomic mass is 79.9. The van der Waals surface area contributed by atoms with Gasteiger partial charge in [0.25, 0.3) is 0 Å². The standard InChI is InChI=1S/C9H7BrFN3O/c1-4-7(11)8(12)14-9(13-4)5-2-3-6(10)15-5/h2-3H,1H3,(H2,12,13,14). The van der Waals surface area contributed by atoms with Gasteiger partial charge in [0.05, 0.1) is 5.69 Å². The lowest BCUT2D eigenvalue weighted by Gasteiger charge is -2.01. The minimum absolute atomic E-state index is 0.176. The summed E-state index contributed by atoms with van der Waals surface area (Å²) in [5.41, 5.74) is 5.59. The van der Waals surface area contributed by atoms with Crippen LogP contribution in [0.3, 0.4) is 0 Å². The lowest BCUT2D eigenvalue weighted by atomic mass is 10.3. The maximum absolute atomic E-state index is 13.1. The molecule has 2 N–H and O–H groups in total. The SMILES string of the molecule is Cc1nc(-c2ccc(Br)o2)nc(N)c1F. The normalized spacial score (nSPS) is 10.6. The van der Waals surface area contributed by atoms with Gasteiger partial charge in [-0.05, 0) is 35.0 Å². The number of aryl methyl sites for hydroxylation is 1. The first-order valence-electron chi connectivity index (χ1n) is 4.13. The Morgan fingerprint density at radius 1 is 1.40 bits per heavy atom. The molecule has 4 nitrogen and oxygen atoms in total. The Labute approximate surface area is 93.5 Å². The van der Waals surface area contributed by atoms with Gasteiger partial charge in [-0.15, -0.1) is 0 Å². The van der Waals surface area contributed by atoms with Crippen molar-refractivity contribution in [1.82, 2.24) is 9.97 Å². The Morgan fingerprint density at radius 3 is 2.67 bits per heavy atom. The van der Waals surface area contributed by atoms with Crippen LogP contribution in [0, 0.1) is 12.7 Å². The zero-order valence-electron chi connectivity index (χ0n) is 7.79. The van der Waals surface area contributed by atoms with Gasteiger partial charge in [-0.3, -0.25) is 0 Å². The Hall–Kier alpha value is -1.43. The number of aromatic nitrogens is 2. The second-order valence-corrected chi connectivity index (χ2v) is 3.72. The van der Waals surface area contributed by atoms with Crippen LogP contribution in [-0.4, -0.2) is 9.97 Å². The van der Waals surface area contributed by atoms with Gasteiger partial charge < -0.3 is 10.2 Å². The van der Waals surface area contributed by atoms with Gasteiger partial charge in [0, 0.05) is 0 Å². The van der Waals surface area contributed by atoms with Crippen LogP contribution in [0.25, 0.3) is 11.6 Å². The summed E-state index contributed by atoms with van der Waals surface area (Å²) in [7, 11) is 0. The smallest absolute Gasteiger partial charge is 0.198 e. The summed E-state index contributed by atoms with van der Waals surface area (Å²) >= 11 is 3.15. The molecule has 0 aliphatic heterocycles. The van der Waals surface area contributed by atoms with Crippen molar-refractivity contribution in [2.75, 3.05) is 5.73 Å². The molecule has 0 unspecified atom stereocenters. The second kappa shape index (κ2) is 3.62. The molecular weight excluding hydrogens is 265 g/mol. The van der Waals surface area contributed by atoms with Crippen LogP contribution >= 0.6 is 15.9 Å². The molecule has 0 radical (unpaired) electrons. The maximum Gasteiger partial charge on any atom is 0.198 e. The van der Waals surface area contributed by atoms with Crippen LogP contribution < -0.4 is 5.73 Å². The van der Waals surface area contributed by atoms with Crippen LogP contribution in [0.2, 0.25) is 0 Å². The number of rotatable bonds is 1. The van der Waals surface area contributed by atoms with Gasteiger partial charge in [-0.25, -0.2) is 14.4 Å². The highest BCUT2D eigenvalue weighted by Crippen LogP contribution is 2.23. The molecule has 0 spiro atoms. The summed E-state index contributed by atoms with van der Waals surface area (Å²) in [6, 6.07) is 3.38. The van der Waals surface area contributed by atoms with Crippen molar-refractivity contribution in [1.29, 1.82) is 0 Å². The third kappa shape index (κ3) is 1.85. The fourth-order valence-corrected chi connectivity index (χ4v) is 1.43. The van der Waals surface area contributed by atoms with E-state index in [1.807, 2.05) is 0 Å². The lowest BCUT2D eigenvalue weighted by molar-refractivity contribution is 0.548. The molecule has 78 valence electrons. The third-order valence-electron chi connectivity index (χ3n) is 1.84. The summed E-state index contributed by atoms with van der Waals surface area (Å²) in [5, 5.41) is 0. The van der Waals surface area contributed by atoms with E-state index in [0.29, 0.717) is 10.4 Å². The predicted octanol–water partition coefficient (Wildman–Crippen LogP) is 2.53. The van der Waals surface area contributed by atoms with Gasteiger partial charge in [-0.2, -0.15) is 0 Å². The van der Waals surface area contributed by atoms with E-state index in [0.717, 1.165) is 0 Å². The fraction of sp³-hybridized carbons (Fsp3) is 0.111. The van der Waals surface area contributed by atoms with E-state index in [-0.39, 0.29) is 17.3 Å². The number of hydrogen-bond acceptors (Lipinski definition) is 4. The number of halogens is 2. The van der Waals surface area contributed by atoms with Crippen molar-refractivity contribution < 1.29 is 8.81 Å². The Balaban J connectivity index is 2.55. The average Bonchev–Trinajstić information content (AvgIpc) is 2.60. The number of hydrogen-bond donors (Lipinski definition) is 1. The van der Waals surface area contributed by atoms with Crippen LogP contribution in [0.1, 0.15) is 5.69 Å². The average molecular weight is 272 g/mol. The number of nitrogens with zero attached hydrogens (tertiary/aromatic N) is 2. The second-order valence-electron chi connectivity index (χ2n) is 2.94. The van der Waals surface area contributed by atoms with Gasteiger partial charge in [0.15, 0.2) is 27.9 Å². The van der Waals surface area contributed by atoms with Gasteiger partial charge in [-0.1, -0.05) is 0 Å². The van der Waals surface area contributed by atoms with Crippen molar-refractivity contribution in [3.63, 3.8) is 0 Å². The van der Waals surface area contributed by atoms with E-state index in [2.05, 4.69) is 25.9 Å². The molecule has 0 saturated carbocycles. The third-order valence-corrected chi connectivity index (χ3v) is 2.26. The van der Waals surface area contributed by atoms with Gasteiger partial charge >= 0.3 is 0 Å². The summed E-state index contributed by atoms with van der Waals surface area (Å²) in [4.78, 5) is 7.73. The zero-order valence-corrected chi connectivity index (χ0v) is 9.38. The van der Waals surface area contributed by atoms with Crippen LogP contribution in [-0.2, 0) is 0 Å². The fourth-order valence-electron chi connectivity index (χ4n) is 1.13. The highest BCUT2D eigenvalue weighted by molar-refractivity contribution is 9.10. The number of nitrogens with two attached hydrogens (primary N) is 1. The lowest BCUT2D eigenvalue weighted by Crippen LogP contribution is -2.02. The van der Waals surface area contributed by atoms with Crippen molar-refractivity contribution in [3.05, 3.63) is 28.3 Å². The summed E-state index contributed by atoms with van der Waals surface area (Å²) in [6.45, 7) is 1.52. The van der Waals surface area contributed by atoms with E-state index in [9.17, 15) is 4.39 Å². The molecule has 0 saturated heterocycles. The largest absolute Gasteiger partial charge is 0.446 e. The highest BCUT2D eigenvalue weighted by Gasteiger charge is 2.12. The predicted molar refractivity (Wildman–Crippen MR) is 56.5 cm³/mol. The molecule has 0 aromatic carbocycles. The minimum atomic E-state index is -0.593. The quantitative estimate of drug-likeness (QED) is 0.866. The van der Waals surface area contributed by atoms with E-state index < -0.39 is 5.82 Å². The molecule has 0 fully saturated rings.